The monoisotopic (exact) mass is 304 g/mol. The second kappa shape index (κ2) is 8.29. The molecule has 0 bridgehead atoms. The molecule has 0 aliphatic carbocycles. The number of methoxy groups -OCH3 is 1. The number of nitrogens with zero attached hydrogens (tertiary/aromatic N) is 1. The standard InChI is InChI=1S/C17H24N2OS/c1-19(9-8-16-7-4-10-21-16)17(12-18)15-6-3-5-14(11-15)13-20-2/h3-7,10-11,17H,8-9,12-13,18H2,1-2H3. The molecule has 1 unspecified atom stereocenters. The van der Waals surface area contributed by atoms with Gasteiger partial charge in [0.1, 0.15) is 0 Å². The Labute approximate surface area is 131 Å². The van der Waals surface area contributed by atoms with Crippen molar-refractivity contribution in [2.24, 2.45) is 5.73 Å². The molecule has 21 heavy (non-hydrogen) atoms. The van der Waals surface area contributed by atoms with Gasteiger partial charge in [0.05, 0.1) is 6.61 Å². The molecule has 1 atom stereocenters. The number of hydrogen-bond donors (Lipinski definition) is 1. The lowest BCUT2D eigenvalue weighted by Gasteiger charge is -2.27. The lowest BCUT2D eigenvalue weighted by atomic mass is 10.0. The molecule has 0 radical (unpaired) electrons. The molecule has 4 heteroatoms. The van der Waals surface area contributed by atoms with Crippen LogP contribution in [0.4, 0.5) is 0 Å². The van der Waals surface area contributed by atoms with Crippen molar-refractivity contribution in [2.75, 3.05) is 27.2 Å². The fraction of sp³-hybridized carbons (Fsp3) is 0.412. The SMILES string of the molecule is COCc1cccc(C(CN)N(C)CCc2cccs2)c1. The highest BCUT2D eigenvalue weighted by Crippen LogP contribution is 2.21. The second-order valence-corrected chi connectivity index (χ2v) is 6.27. The molecule has 2 N–H and O–H groups in total. The third-order valence-electron chi connectivity index (χ3n) is 3.69. The van der Waals surface area contributed by atoms with E-state index >= 15 is 0 Å². The summed E-state index contributed by atoms with van der Waals surface area (Å²) < 4.78 is 5.21. The highest BCUT2D eigenvalue weighted by atomic mass is 32.1. The number of likely N-dealkylation sites (N-methyl/N-ethyl adjacent to an activating group) is 1. The fourth-order valence-electron chi connectivity index (χ4n) is 2.52. The molecule has 2 rings (SSSR count). The number of ether oxygens (including phenoxy) is 1. The van der Waals surface area contributed by atoms with Crippen LogP contribution in [-0.4, -0.2) is 32.1 Å². The molecule has 2 aromatic rings. The average molecular weight is 304 g/mol. The first-order chi connectivity index (χ1) is 10.2. The third kappa shape index (κ3) is 4.64. The first-order valence-electron chi connectivity index (χ1n) is 7.25. The molecular weight excluding hydrogens is 280 g/mol. The lowest BCUT2D eigenvalue weighted by molar-refractivity contribution is 0.184. The van der Waals surface area contributed by atoms with Crippen molar-refractivity contribution in [3.8, 4) is 0 Å². The quantitative estimate of drug-likeness (QED) is 0.814. The van der Waals surface area contributed by atoms with E-state index in [1.165, 1.54) is 16.0 Å². The van der Waals surface area contributed by atoms with E-state index < -0.39 is 0 Å². The van der Waals surface area contributed by atoms with E-state index in [4.69, 9.17) is 10.5 Å². The summed E-state index contributed by atoms with van der Waals surface area (Å²) in [5, 5.41) is 2.13. The summed E-state index contributed by atoms with van der Waals surface area (Å²) >= 11 is 1.81. The van der Waals surface area contributed by atoms with Crippen molar-refractivity contribution in [3.05, 3.63) is 57.8 Å². The minimum Gasteiger partial charge on any atom is -0.380 e. The van der Waals surface area contributed by atoms with Gasteiger partial charge in [-0.15, -0.1) is 11.3 Å². The van der Waals surface area contributed by atoms with Gasteiger partial charge in [-0.1, -0.05) is 30.3 Å². The van der Waals surface area contributed by atoms with E-state index in [9.17, 15) is 0 Å². The topological polar surface area (TPSA) is 38.5 Å². The summed E-state index contributed by atoms with van der Waals surface area (Å²) in [6, 6.07) is 13.1. The van der Waals surface area contributed by atoms with Gasteiger partial charge in [0.15, 0.2) is 0 Å². The van der Waals surface area contributed by atoms with Gasteiger partial charge in [-0.2, -0.15) is 0 Å². The third-order valence-corrected chi connectivity index (χ3v) is 4.63. The highest BCUT2D eigenvalue weighted by Gasteiger charge is 2.15. The van der Waals surface area contributed by atoms with Gasteiger partial charge in [-0.3, -0.25) is 4.90 Å². The molecule has 3 nitrogen and oxygen atoms in total. The largest absolute Gasteiger partial charge is 0.380 e. The fourth-order valence-corrected chi connectivity index (χ4v) is 3.22. The van der Waals surface area contributed by atoms with Crippen LogP contribution < -0.4 is 5.73 Å². The van der Waals surface area contributed by atoms with Crippen molar-refractivity contribution >= 4 is 11.3 Å². The zero-order chi connectivity index (χ0) is 15.1. The summed E-state index contributed by atoms with van der Waals surface area (Å²) in [5.41, 5.74) is 8.47. The molecule has 0 saturated heterocycles. The molecule has 1 aromatic carbocycles. The van der Waals surface area contributed by atoms with Crippen LogP contribution in [0.3, 0.4) is 0 Å². The van der Waals surface area contributed by atoms with Gasteiger partial charge in [0.2, 0.25) is 0 Å². The van der Waals surface area contributed by atoms with E-state index in [0.717, 1.165) is 13.0 Å². The summed E-state index contributed by atoms with van der Waals surface area (Å²) in [6.45, 7) is 2.28. The summed E-state index contributed by atoms with van der Waals surface area (Å²) in [5.74, 6) is 0. The molecule has 0 saturated carbocycles. The Bertz CT molecular complexity index is 527. The lowest BCUT2D eigenvalue weighted by Crippen LogP contribution is -2.32. The smallest absolute Gasteiger partial charge is 0.0713 e. The van der Waals surface area contributed by atoms with Gasteiger partial charge < -0.3 is 10.5 Å². The number of thiophene rings is 1. The Balaban J connectivity index is 2.01. The highest BCUT2D eigenvalue weighted by molar-refractivity contribution is 7.09. The zero-order valence-electron chi connectivity index (χ0n) is 12.8. The van der Waals surface area contributed by atoms with E-state index in [1.54, 1.807) is 7.11 Å². The number of nitrogens with two attached hydrogens (primary N) is 1. The van der Waals surface area contributed by atoms with Crippen LogP contribution in [0.1, 0.15) is 22.0 Å². The van der Waals surface area contributed by atoms with Crippen LogP contribution in [-0.2, 0) is 17.8 Å². The van der Waals surface area contributed by atoms with E-state index in [1.807, 2.05) is 11.3 Å². The first kappa shape index (κ1) is 16.2. The van der Waals surface area contributed by atoms with Crippen LogP contribution in [0.15, 0.2) is 41.8 Å². The molecule has 1 aromatic heterocycles. The van der Waals surface area contributed by atoms with Crippen LogP contribution >= 0.6 is 11.3 Å². The average Bonchev–Trinajstić information content (AvgIpc) is 3.00. The van der Waals surface area contributed by atoms with Crippen LogP contribution in [0, 0.1) is 0 Å². The summed E-state index contributed by atoms with van der Waals surface area (Å²) in [6.07, 6.45) is 1.07. The van der Waals surface area contributed by atoms with Crippen LogP contribution in [0.2, 0.25) is 0 Å². The molecule has 0 fully saturated rings. The van der Waals surface area contributed by atoms with Crippen molar-refractivity contribution in [3.63, 3.8) is 0 Å². The van der Waals surface area contributed by atoms with Crippen molar-refractivity contribution in [1.82, 2.24) is 4.90 Å². The molecule has 1 heterocycles. The van der Waals surface area contributed by atoms with Crippen LogP contribution in [0.25, 0.3) is 0 Å². The van der Waals surface area contributed by atoms with E-state index in [-0.39, 0.29) is 6.04 Å². The Morgan fingerprint density at radius 3 is 2.81 bits per heavy atom. The minimum atomic E-state index is 0.252. The number of hydrogen-bond acceptors (Lipinski definition) is 4. The van der Waals surface area contributed by atoms with Crippen LogP contribution in [0.5, 0.6) is 0 Å². The van der Waals surface area contributed by atoms with Crippen molar-refractivity contribution < 1.29 is 4.74 Å². The zero-order valence-corrected chi connectivity index (χ0v) is 13.6. The maximum Gasteiger partial charge on any atom is 0.0713 e. The molecule has 0 amide bonds. The molecular formula is C17H24N2OS. The Hall–Kier alpha value is -1.20. The number of rotatable bonds is 8. The normalized spacial score (nSPS) is 12.8. The maximum absolute atomic E-state index is 6.01. The Kier molecular flexibility index (Phi) is 6.39. The second-order valence-electron chi connectivity index (χ2n) is 5.24. The van der Waals surface area contributed by atoms with Crippen molar-refractivity contribution in [2.45, 2.75) is 19.1 Å². The van der Waals surface area contributed by atoms with E-state index in [0.29, 0.717) is 13.2 Å². The summed E-state index contributed by atoms with van der Waals surface area (Å²) in [7, 11) is 3.87. The maximum atomic E-state index is 6.01. The van der Waals surface area contributed by atoms with E-state index in [2.05, 4.69) is 53.7 Å². The first-order valence-corrected chi connectivity index (χ1v) is 8.13. The Morgan fingerprint density at radius 2 is 2.14 bits per heavy atom. The molecule has 0 spiro atoms. The van der Waals surface area contributed by atoms with Gasteiger partial charge >= 0.3 is 0 Å². The number of benzene rings is 1. The van der Waals surface area contributed by atoms with Gasteiger partial charge in [-0.05, 0) is 36.0 Å². The van der Waals surface area contributed by atoms with Gasteiger partial charge in [-0.25, -0.2) is 0 Å². The molecule has 0 aliphatic heterocycles. The Morgan fingerprint density at radius 1 is 1.29 bits per heavy atom. The van der Waals surface area contributed by atoms with Gasteiger partial charge in [0, 0.05) is 31.1 Å². The van der Waals surface area contributed by atoms with Crippen molar-refractivity contribution in [1.29, 1.82) is 0 Å². The van der Waals surface area contributed by atoms with Gasteiger partial charge in [0.25, 0.3) is 0 Å². The molecule has 114 valence electrons. The minimum absolute atomic E-state index is 0.252. The predicted octanol–water partition coefficient (Wildman–Crippen LogP) is 3.07. The summed E-state index contributed by atoms with van der Waals surface area (Å²) in [4.78, 5) is 3.76. The predicted molar refractivity (Wildman–Crippen MR) is 89.6 cm³/mol. The molecule has 0 aliphatic rings.